The van der Waals surface area contributed by atoms with E-state index in [0.29, 0.717) is 17.9 Å². The van der Waals surface area contributed by atoms with Crippen molar-refractivity contribution in [3.63, 3.8) is 0 Å². The van der Waals surface area contributed by atoms with Gasteiger partial charge in [0, 0.05) is 10.9 Å². The third-order valence-corrected chi connectivity index (χ3v) is 3.59. The minimum atomic E-state index is 0.444. The standard InChI is InChI=1S/C15H12BrNO2/c16-12-5-1-2-7-14(12)18-8-10-9-19-15-11(10)4-3-6-13(15)17/h1-7,9H,8,17H2. The van der Waals surface area contributed by atoms with E-state index < -0.39 is 0 Å². The number of ether oxygens (including phenoxy) is 1. The summed E-state index contributed by atoms with van der Waals surface area (Å²) >= 11 is 3.45. The molecule has 0 atom stereocenters. The monoisotopic (exact) mass is 317 g/mol. The first-order valence-corrected chi connectivity index (χ1v) is 6.67. The van der Waals surface area contributed by atoms with E-state index in [1.807, 2.05) is 42.5 Å². The maximum Gasteiger partial charge on any atom is 0.157 e. The van der Waals surface area contributed by atoms with Crippen LogP contribution in [0.25, 0.3) is 11.0 Å². The number of nitrogen functional groups attached to an aromatic ring is 1. The maximum absolute atomic E-state index is 5.86. The second kappa shape index (κ2) is 4.97. The number of benzene rings is 2. The quantitative estimate of drug-likeness (QED) is 0.730. The zero-order chi connectivity index (χ0) is 13.2. The molecule has 3 nitrogen and oxygen atoms in total. The van der Waals surface area contributed by atoms with Crippen molar-refractivity contribution in [2.75, 3.05) is 5.73 Å². The lowest BCUT2D eigenvalue weighted by molar-refractivity contribution is 0.304. The molecule has 0 aliphatic rings. The van der Waals surface area contributed by atoms with E-state index in [1.54, 1.807) is 6.26 Å². The molecule has 19 heavy (non-hydrogen) atoms. The molecule has 3 rings (SSSR count). The lowest BCUT2D eigenvalue weighted by Gasteiger charge is -2.06. The topological polar surface area (TPSA) is 48.4 Å². The van der Waals surface area contributed by atoms with Crippen molar-refractivity contribution in [2.24, 2.45) is 0 Å². The molecule has 0 spiro atoms. The van der Waals surface area contributed by atoms with E-state index in [-0.39, 0.29) is 0 Å². The van der Waals surface area contributed by atoms with Crippen LogP contribution in [0.15, 0.2) is 57.6 Å². The van der Waals surface area contributed by atoms with Gasteiger partial charge < -0.3 is 14.9 Å². The molecule has 0 aliphatic heterocycles. The highest BCUT2D eigenvalue weighted by Gasteiger charge is 2.09. The normalized spacial score (nSPS) is 10.8. The molecule has 0 amide bonds. The van der Waals surface area contributed by atoms with E-state index in [0.717, 1.165) is 21.2 Å². The van der Waals surface area contributed by atoms with Crippen LogP contribution in [0.3, 0.4) is 0 Å². The summed E-state index contributed by atoms with van der Waals surface area (Å²) in [4.78, 5) is 0. The molecule has 0 fully saturated rings. The van der Waals surface area contributed by atoms with Crippen LogP contribution in [-0.2, 0) is 6.61 Å². The fourth-order valence-corrected chi connectivity index (χ4v) is 2.36. The Bertz CT molecular complexity index is 721. The Morgan fingerprint density at radius 3 is 2.79 bits per heavy atom. The zero-order valence-corrected chi connectivity index (χ0v) is 11.7. The highest BCUT2D eigenvalue weighted by molar-refractivity contribution is 9.10. The summed E-state index contributed by atoms with van der Waals surface area (Å²) in [5.41, 5.74) is 8.20. The number of hydrogen-bond donors (Lipinski definition) is 1. The number of furan rings is 1. The predicted octanol–water partition coefficient (Wildman–Crippen LogP) is 4.36. The first kappa shape index (κ1) is 12.1. The maximum atomic E-state index is 5.86. The SMILES string of the molecule is Nc1cccc2c(COc3ccccc3Br)coc12. The first-order valence-electron chi connectivity index (χ1n) is 5.87. The Labute approximate surface area is 119 Å². The van der Waals surface area contributed by atoms with Crippen molar-refractivity contribution in [1.29, 1.82) is 0 Å². The number of anilines is 1. The smallest absolute Gasteiger partial charge is 0.157 e. The highest BCUT2D eigenvalue weighted by atomic mass is 79.9. The minimum absolute atomic E-state index is 0.444. The summed E-state index contributed by atoms with van der Waals surface area (Å²) in [6.45, 7) is 0.444. The van der Waals surface area contributed by atoms with Crippen LogP contribution in [0.1, 0.15) is 5.56 Å². The van der Waals surface area contributed by atoms with Crippen LogP contribution in [0.2, 0.25) is 0 Å². The van der Waals surface area contributed by atoms with Gasteiger partial charge in [-0.3, -0.25) is 0 Å². The van der Waals surface area contributed by atoms with Crippen LogP contribution in [0.5, 0.6) is 5.75 Å². The van der Waals surface area contributed by atoms with Crippen molar-refractivity contribution in [2.45, 2.75) is 6.61 Å². The number of rotatable bonds is 3. The summed E-state index contributed by atoms with van der Waals surface area (Å²) in [5, 5.41) is 0.993. The predicted molar refractivity (Wildman–Crippen MR) is 79.1 cm³/mol. The lowest BCUT2D eigenvalue weighted by Crippen LogP contribution is -1.95. The summed E-state index contributed by atoms with van der Waals surface area (Å²) in [5.74, 6) is 0.806. The molecule has 0 radical (unpaired) electrons. The van der Waals surface area contributed by atoms with Crippen LogP contribution in [0.4, 0.5) is 5.69 Å². The Morgan fingerprint density at radius 1 is 1.11 bits per heavy atom. The van der Waals surface area contributed by atoms with Crippen molar-refractivity contribution in [3.8, 4) is 5.75 Å². The van der Waals surface area contributed by atoms with Gasteiger partial charge in [-0.1, -0.05) is 24.3 Å². The molecule has 2 N–H and O–H groups in total. The van der Waals surface area contributed by atoms with Gasteiger partial charge in [-0.25, -0.2) is 0 Å². The molecule has 1 aromatic heterocycles. The zero-order valence-electron chi connectivity index (χ0n) is 10.1. The second-order valence-corrected chi connectivity index (χ2v) is 5.06. The van der Waals surface area contributed by atoms with Gasteiger partial charge in [0.15, 0.2) is 5.58 Å². The number of nitrogens with two attached hydrogens (primary N) is 1. The molecule has 0 bridgehead atoms. The van der Waals surface area contributed by atoms with Crippen LogP contribution in [-0.4, -0.2) is 0 Å². The van der Waals surface area contributed by atoms with Crippen LogP contribution < -0.4 is 10.5 Å². The van der Waals surface area contributed by atoms with Crippen LogP contribution >= 0.6 is 15.9 Å². The van der Waals surface area contributed by atoms with Crippen molar-refractivity contribution in [1.82, 2.24) is 0 Å². The third-order valence-electron chi connectivity index (χ3n) is 2.93. The largest absolute Gasteiger partial charge is 0.488 e. The lowest BCUT2D eigenvalue weighted by atomic mass is 10.1. The van der Waals surface area contributed by atoms with E-state index >= 15 is 0 Å². The van der Waals surface area contributed by atoms with Crippen LogP contribution in [0, 0.1) is 0 Å². The molecule has 96 valence electrons. The summed E-state index contributed by atoms with van der Waals surface area (Å²) < 4.78 is 12.2. The Morgan fingerprint density at radius 2 is 1.95 bits per heavy atom. The molecule has 0 saturated heterocycles. The fraction of sp³-hybridized carbons (Fsp3) is 0.0667. The van der Waals surface area contributed by atoms with Gasteiger partial charge in [-0.2, -0.15) is 0 Å². The van der Waals surface area contributed by atoms with Gasteiger partial charge in [-0.05, 0) is 34.1 Å². The van der Waals surface area contributed by atoms with Crippen molar-refractivity contribution < 1.29 is 9.15 Å². The third kappa shape index (κ3) is 2.31. The molecular weight excluding hydrogens is 306 g/mol. The first-order chi connectivity index (χ1) is 9.25. The van der Waals surface area contributed by atoms with Gasteiger partial charge in [0.2, 0.25) is 0 Å². The second-order valence-electron chi connectivity index (χ2n) is 4.20. The molecule has 0 saturated carbocycles. The Balaban J connectivity index is 1.87. The van der Waals surface area contributed by atoms with Crippen molar-refractivity contribution in [3.05, 3.63) is 58.8 Å². The molecule has 1 heterocycles. The number of fused-ring (bicyclic) bond motifs is 1. The van der Waals surface area contributed by atoms with E-state index in [2.05, 4.69) is 15.9 Å². The number of halogens is 1. The fourth-order valence-electron chi connectivity index (χ4n) is 1.96. The molecule has 0 aliphatic carbocycles. The molecule has 4 heteroatoms. The molecule has 0 unspecified atom stereocenters. The Hall–Kier alpha value is -1.94. The van der Waals surface area contributed by atoms with Gasteiger partial charge in [-0.15, -0.1) is 0 Å². The van der Waals surface area contributed by atoms with Gasteiger partial charge in [0.1, 0.15) is 12.4 Å². The summed E-state index contributed by atoms with van der Waals surface area (Å²) in [6.07, 6.45) is 1.69. The van der Waals surface area contributed by atoms with Gasteiger partial charge in [0.25, 0.3) is 0 Å². The number of para-hydroxylation sites is 2. The average molecular weight is 318 g/mol. The average Bonchev–Trinajstić information content (AvgIpc) is 2.83. The highest BCUT2D eigenvalue weighted by Crippen LogP contribution is 2.29. The Kier molecular flexibility index (Phi) is 3.17. The van der Waals surface area contributed by atoms with E-state index in [9.17, 15) is 0 Å². The number of hydrogen-bond acceptors (Lipinski definition) is 3. The van der Waals surface area contributed by atoms with E-state index in [1.165, 1.54) is 0 Å². The van der Waals surface area contributed by atoms with Gasteiger partial charge >= 0.3 is 0 Å². The molecular formula is C15H12BrNO2. The van der Waals surface area contributed by atoms with Gasteiger partial charge in [0.05, 0.1) is 16.4 Å². The minimum Gasteiger partial charge on any atom is -0.488 e. The molecule has 3 aromatic rings. The summed E-state index contributed by atoms with van der Waals surface area (Å²) in [7, 11) is 0. The summed E-state index contributed by atoms with van der Waals surface area (Å²) in [6, 6.07) is 13.5. The van der Waals surface area contributed by atoms with E-state index in [4.69, 9.17) is 14.9 Å². The van der Waals surface area contributed by atoms with Crippen molar-refractivity contribution >= 4 is 32.6 Å². The molecule has 2 aromatic carbocycles.